The first-order valence-electron chi connectivity index (χ1n) is 6.05. The van der Waals surface area contributed by atoms with Gasteiger partial charge in [0, 0.05) is 19.0 Å². The fourth-order valence-corrected chi connectivity index (χ4v) is 2.92. The summed E-state index contributed by atoms with van der Waals surface area (Å²) in [5.41, 5.74) is 6.37. The Hall–Kier alpha value is -1.40. The number of nitrogens with one attached hydrogen (secondary N) is 1. The fourth-order valence-electron chi connectivity index (χ4n) is 1.88. The largest absolute Gasteiger partial charge is 0.351 e. The van der Waals surface area contributed by atoms with Gasteiger partial charge in [-0.05, 0) is 32.4 Å². The number of hydrogen-bond donors (Lipinski definition) is 2. The maximum absolute atomic E-state index is 11.9. The molecule has 0 unspecified atom stereocenters. The molecular formula is C12H18N4OS. The van der Waals surface area contributed by atoms with Crippen LogP contribution in [0.25, 0.3) is 10.2 Å². The maximum Gasteiger partial charge on any atom is 0.261 e. The highest BCUT2D eigenvalue weighted by atomic mass is 32.1. The average Bonchev–Trinajstić information content (AvgIpc) is 2.88. The monoisotopic (exact) mass is 266 g/mol. The lowest BCUT2D eigenvalue weighted by atomic mass is 10.3. The molecule has 0 atom stereocenters. The number of rotatable bonds is 5. The summed E-state index contributed by atoms with van der Waals surface area (Å²) in [5, 5.41) is 8.29. The highest BCUT2D eigenvalue weighted by molar-refractivity contribution is 7.20. The molecule has 0 fully saturated rings. The van der Waals surface area contributed by atoms with E-state index in [2.05, 4.69) is 10.4 Å². The second kappa shape index (κ2) is 5.49. The van der Waals surface area contributed by atoms with Crippen molar-refractivity contribution in [3.8, 4) is 0 Å². The third kappa shape index (κ3) is 2.54. The van der Waals surface area contributed by atoms with Crippen LogP contribution in [0.2, 0.25) is 0 Å². The molecule has 0 bridgehead atoms. The van der Waals surface area contributed by atoms with Crippen LogP contribution in [0, 0.1) is 6.92 Å². The SMILES string of the molecule is Cc1nn(C)c2sc(C(=O)NCCCCN)cc12. The van der Waals surface area contributed by atoms with Crippen molar-refractivity contribution in [2.24, 2.45) is 12.8 Å². The van der Waals surface area contributed by atoms with Crippen molar-refractivity contribution in [1.82, 2.24) is 15.1 Å². The molecule has 0 aliphatic heterocycles. The molecule has 2 aromatic heterocycles. The standard InChI is InChI=1S/C12H18N4OS/c1-8-9-7-10(18-12(9)16(2)15-8)11(17)14-6-4-3-5-13/h7H,3-6,13H2,1-2H3,(H,14,17). The first-order valence-corrected chi connectivity index (χ1v) is 6.86. The molecule has 0 saturated heterocycles. The van der Waals surface area contributed by atoms with Gasteiger partial charge in [-0.15, -0.1) is 11.3 Å². The van der Waals surface area contributed by atoms with Gasteiger partial charge in [0.15, 0.2) is 0 Å². The van der Waals surface area contributed by atoms with E-state index < -0.39 is 0 Å². The van der Waals surface area contributed by atoms with Crippen LogP contribution in [-0.2, 0) is 7.05 Å². The van der Waals surface area contributed by atoms with Crippen LogP contribution in [0.15, 0.2) is 6.07 Å². The second-order valence-corrected chi connectivity index (χ2v) is 5.32. The number of nitrogens with two attached hydrogens (primary N) is 1. The number of aryl methyl sites for hydroxylation is 2. The van der Waals surface area contributed by atoms with Gasteiger partial charge in [-0.3, -0.25) is 9.48 Å². The Kier molecular flexibility index (Phi) is 3.98. The third-order valence-corrected chi connectivity index (χ3v) is 4.04. The predicted octanol–water partition coefficient (Wildman–Crippen LogP) is 1.41. The van der Waals surface area contributed by atoms with Crippen molar-refractivity contribution in [3.63, 3.8) is 0 Å². The Labute approximate surface area is 110 Å². The molecule has 0 aliphatic rings. The first-order chi connectivity index (χ1) is 8.63. The quantitative estimate of drug-likeness (QED) is 0.804. The third-order valence-electron chi connectivity index (χ3n) is 2.84. The Bertz CT molecular complexity index is 523. The van der Waals surface area contributed by atoms with E-state index in [0.29, 0.717) is 13.1 Å². The van der Waals surface area contributed by atoms with Crippen LogP contribution in [0.5, 0.6) is 0 Å². The van der Waals surface area contributed by atoms with Crippen molar-refractivity contribution in [1.29, 1.82) is 0 Å². The minimum atomic E-state index is -0.00683. The summed E-state index contributed by atoms with van der Waals surface area (Å²) in [5.74, 6) is -0.00683. The molecule has 0 saturated carbocycles. The molecule has 3 N–H and O–H groups in total. The number of nitrogens with zero attached hydrogens (tertiary/aromatic N) is 2. The lowest BCUT2D eigenvalue weighted by Crippen LogP contribution is -2.23. The van der Waals surface area contributed by atoms with Crippen LogP contribution in [-0.4, -0.2) is 28.8 Å². The van der Waals surface area contributed by atoms with E-state index in [1.807, 2.05) is 24.7 Å². The van der Waals surface area contributed by atoms with Gasteiger partial charge in [0.25, 0.3) is 5.91 Å². The van der Waals surface area contributed by atoms with E-state index in [0.717, 1.165) is 33.6 Å². The molecule has 0 spiro atoms. The molecule has 6 heteroatoms. The van der Waals surface area contributed by atoms with Gasteiger partial charge >= 0.3 is 0 Å². The Morgan fingerprint density at radius 3 is 3.00 bits per heavy atom. The number of hydrogen-bond acceptors (Lipinski definition) is 4. The first kappa shape index (κ1) is 13.0. The molecule has 2 rings (SSSR count). The number of carbonyl (C=O) groups is 1. The summed E-state index contributed by atoms with van der Waals surface area (Å²) < 4.78 is 1.82. The van der Waals surface area contributed by atoms with E-state index >= 15 is 0 Å². The van der Waals surface area contributed by atoms with Gasteiger partial charge in [0.2, 0.25) is 0 Å². The number of amides is 1. The molecule has 98 valence electrons. The van der Waals surface area contributed by atoms with Gasteiger partial charge in [-0.1, -0.05) is 0 Å². The van der Waals surface area contributed by atoms with Crippen LogP contribution < -0.4 is 11.1 Å². The molecule has 2 heterocycles. The number of fused-ring (bicyclic) bond motifs is 1. The summed E-state index contributed by atoms with van der Waals surface area (Å²) >= 11 is 1.48. The summed E-state index contributed by atoms with van der Waals surface area (Å²) in [6.45, 7) is 3.31. The zero-order valence-electron chi connectivity index (χ0n) is 10.7. The summed E-state index contributed by atoms with van der Waals surface area (Å²) in [6, 6.07) is 1.92. The van der Waals surface area contributed by atoms with Crippen LogP contribution >= 0.6 is 11.3 Å². The molecular weight excluding hydrogens is 248 g/mol. The number of aromatic nitrogens is 2. The van der Waals surface area contributed by atoms with Gasteiger partial charge in [-0.2, -0.15) is 5.10 Å². The van der Waals surface area contributed by atoms with E-state index in [1.54, 1.807) is 0 Å². The van der Waals surface area contributed by atoms with Crippen molar-refractivity contribution in [2.45, 2.75) is 19.8 Å². The normalized spacial score (nSPS) is 11.1. The van der Waals surface area contributed by atoms with Crippen molar-refractivity contribution >= 4 is 27.5 Å². The molecule has 2 aromatic rings. The second-order valence-electron chi connectivity index (χ2n) is 4.29. The van der Waals surface area contributed by atoms with Crippen molar-refractivity contribution < 1.29 is 4.79 Å². The van der Waals surface area contributed by atoms with E-state index in [4.69, 9.17) is 5.73 Å². The zero-order chi connectivity index (χ0) is 13.1. The maximum atomic E-state index is 11.9. The van der Waals surface area contributed by atoms with Gasteiger partial charge < -0.3 is 11.1 Å². The molecule has 5 nitrogen and oxygen atoms in total. The lowest BCUT2D eigenvalue weighted by Gasteiger charge is -2.01. The van der Waals surface area contributed by atoms with Crippen molar-refractivity contribution in [3.05, 3.63) is 16.6 Å². The number of carbonyl (C=O) groups excluding carboxylic acids is 1. The predicted molar refractivity (Wildman–Crippen MR) is 73.9 cm³/mol. The Morgan fingerprint density at radius 1 is 1.56 bits per heavy atom. The zero-order valence-corrected chi connectivity index (χ0v) is 11.5. The van der Waals surface area contributed by atoms with Crippen LogP contribution in [0.3, 0.4) is 0 Å². The number of thiophene rings is 1. The topological polar surface area (TPSA) is 72.9 Å². The average molecular weight is 266 g/mol. The van der Waals surface area contributed by atoms with E-state index in [-0.39, 0.29) is 5.91 Å². The van der Waals surface area contributed by atoms with Gasteiger partial charge in [0.1, 0.15) is 4.83 Å². The van der Waals surface area contributed by atoms with Crippen LogP contribution in [0.1, 0.15) is 28.2 Å². The van der Waals surface area contributed by atoms with E-state index in [9.17, 15) is 4.79 Å². The summed E-state index contributed by atoms with van der Waals surface area (Å²) in [4.78, 5) is 13.7. The highest BCUT2D eigenvalue weighted by Crippen LogP contribution is 2.27. The fraction of sp³-hybridized carbons (Fsp3) is 0.500. The lowest BCUT2D eigenvalue weighted by molar-refractivity contribution is 0.0957. The summed E-state index contributed by atoms with van der Waals surface area (Å²) in [6.07, 6.45) is 1.86. The van der Waals surface area contributed by atoms with Crippen LogP contribution in [0.4, 0.5) is 0 Å². The molecule has 0 aliphatic carbocycles. The van der Waals surface area contributed by atoms with Gasteiger partial charge in [-0.25, -0.2) is 0 Å². The van der Waals surface area contributed by atoms with Gasteiger partial charge in [0.05, 0.1) is 10.6 Å². The van der Waals surface area contributed by atoms with E-state index in [1.165, 1.54) is 11.3 Å². The highest BCUT2D eigenvalue weighted by Gasteiger charge is 2.14. The Balaban J connectivity index is 2.06. The smallest absolute Gasteiger partial charge is 0.261 e. The minimum absolute atomic E-state index is 0.00683. The molecule has 18 heavy (non-hydrogen) atoms. The molecule has 1 amide bonds. The van der Waals surface area contributed by atoms with Crippen molar-refractivity contribution in [2.75, 3.05) is 13.1 Å². The Morgan fingerprint density at radius 2 is 2.33 bits per heavy atom. The molecule has 0 radical (unpaired) electrons. The summed E-state index contributed by atoms with van der Waals surface area (Å²) in [7, 11) is 1.90. The number of unbranched alkanes of at least 4 members (excludes halogenated alkanes) is 1. The molecule has 0 aromatic carbocycles. The minimum Gasteiger partial charge on any atom is -0.351 e.